The lowest BCUT2D eigenvalue weighted by Crippen LogP contribution is -2.50. The lowest BCUT2D eigenvalue weighted by atomic mass is 9.73. The maximum Gasteiger partial charge on any atom is 0.224 e. The zero-order valence-electron chi connectivity index (χ0n) is 14.3. The maximum absolute atomic E-state index is 12.2. The first-order chi connectivity index (χ1) is 10.7. The smallest absolute Gasteiger partial charge is 0.224 e. The Bertz CT molecular complexity index is 337. The Kier molecular flexibility index (Phi) is 7.12. The molecule has 5 heteroatoms. The van der Waals surface area contributed by atoms with Gasteiger partial charge in [0, 0.05) is 44.1 Å². The molecular formula is C17H33N3O2. The number of nitrogens with zero attached hydrogens (tertiary/aromatic N) is 1. The van der Waals surface area contributed by atoms with E-state index >= 15 is 0 Å². The lowest BCUT2D eigenvalue weighted by Gasteiger charge is -2.42. The SMILES string of the molecule is CNCC(C)C(=O)NCC1(CN2CCOCC2)CCCCC1. The van der Waals surface area contributed by atoms with E-state index in [1.807, 2.05) is 14.0 Å². The molecule has 1 atom stereocenters. The molecule has 5 nitrogen and oxygen atoms in total. The molecule has 0 spiro atoms. The molecule has 1 aliphatic carbocycles. The zero-order chi connectivity index (χ0) is 15.8. The van der Waals surface area contributed by atoms with Crippen LogP contribution in [0.1, 0.15) is 39.0 Å². The summed E-state index contributed by atoms with van der Waals surface area (Å²) < 4.78 is 5.46. The number of carbonyl (C=O) groups excluding carboxylic acids is 1. The molecule has 0 aromatic rings. The van der Waals surface area contributed by atoms with E-state index in [4.69, 9.17) is 4.74 Å². The fourth-order valence-corrected chi connectivity index (χ4v) is 3.77. The highest BCUT2D eigenvalue weighted by molar-refractivity contribution is 5.78. The van der Waals surface area contributed by atoms with Gasteiger partial charge in [-0.05, 0) is 19.9 Å². The number of carbonyl (C=O) groups is 1. The molecule has 1 saturated heterocycles. The monoisotopic (exact) mass is 311 g/mol. The van der Waals surface area contributed by atoms with Crippen molar-refractivity contribution in [2.75, 3.05) is 53.0 Å². The van der Waals surface area contributed by atoms with E-state index in [-0.39, 0.29) is 17.2 Å². The minimum atomic E-state index is 0.0361. The maximum atomic E-state index is 12.2. The quantitative estimate of drug-likeness (QED) is 0.743. The van der Waals surface area contributed by atoms with Gasteiger partial charge in [-0.1, -0.05) is 26.2 Å². The predicted octanol–water partition coefficient (Wildman–Crippen LogP) is 1.24. The van der Waals surface area contributed by atoms with Crippen LogP contribution >= 0.6 is 0 Å². The van der Waals surface area contributed by atoms with Gasteiger partial charge in [0.1, 0.15) is 0 Å². The normalized spacial score (nSPS) is 23.9. The average molecular weight is 311 g/mol. The van der Waals surface area contributed by atoms with Gasteiger partial charge in [0.25, 0.3) is 0 Å². The largest absolute Gasteiger partial charge is 0.379 e. The van der Waals surface area contributed by atoms with Crippen molar-refractivity contribution in [2.45, 2.75) is 39.0 Å². The van der Waals surface area contributed by atoms with Gasteiger partial charge in [-0.15, -0.1) is 0 Å². The van der Waals surface area contributed by atoms with Crippen LogP contribution in [0.4, 0.5) is 0 Å². The zero-order valence-corrected chi connectivity index (χ0v) is 14.3. The predicted molar refractivity (Wildman–Crippen MR) is 88.9 cm³/mol. The van der Waals surface area contributed by atoms with Crippen molar-refractivity contribution in [3.05, 3.63) is 0 Å². The first kappa shape index (κ1) is 17.7. The van der Waals surface area contributed by atoms with Gasteiger partial charge in [-0.3, -0.25) is 9.69 Å². The van der Waals surface area contributed by atoms with Gasteiger partial charge >= 0.3 is 0 Å². The standard InChI is InChI=1S/C17H33N3O2/c1-15(12-18-2)16(21)19-13-17(6-4-3-5-7-17)14-20-8-10-22-11-9-20/h15,18H,3-14H2,1-2H3,(H,19,21). The molecule has 22 heavy (non-hydrogen) atoms. The number of hydrogen-bond donors (Lipinski definition) is 2. The number of nitrogens with one attached hydrogen (secondary N) is 2. The van der Waals surface area contributed by atoms with Crippen LogP contribution in [-0.2, 0) is 9.53 Å². The van der Waals surface area contributed by atoms with Crippen molar-refractivity contribution in [2.24, 2.45) is 11.3 Å². The Labute approximate surface area is 135 Å². The van der Waals surface area contributed by atoms with Crippen LogP contribution in [0.25, 0.3) is 0 Å². The average Bonchev–Trinajstić information content (AvgIpc) is 2.55. The van der Waals surface area contributed by atoms with Crippen LogP contribution in [0.3, 0.4) is 0 Å². The molecule has 2 aliphatic rings. The molecule has 0 radical (unpaired) electrons. The highest BCUT2D eigenvalue weighted by Gasteiger charge is 2.35. The third kappa shape index (κ3) is 5.21. The molecular weight excluding hydrogens is 278 g/mol. The van der Waals surface area contributed by atoms with Crippen LogP contribution in [-0.4, -0.2) is 63.8 Å². The number of rotatable bonds is 7. The van der Waals surface area contributed by atoms with E-state index in [0.29, 0.717) is 0 Å². The van der Waals surface area contributed by atoms with Crippen molar-refractivity contribution in [1.29, 1.82) is 0 Å². The van der Waals surface area contributed by atoms with Gasteiger partial charge in [0.2, 0.25) is 5.91 Å². The Morgan fingerprint density at radius 1 is 1.23 bits per heavy atom. The van der Waals surface area contributed by atoms with Crippen LogP contribution in [0.5, 0.6) is 0 Å². The van der Waals surface area contributed by atoms with Crippen molar-refractivity contribution >= 4 is 5.91 Å². The van der Waals surface area contributed by atoms with Crippen LogP contribution < -0.4 is 10.6 Å². The van der Waals surface area contributed by atoms with E-state index in [9.17, 15) is 4.79 Å². The molecule has 0 aromatic carbocycles. The summed E-state index contributed by atoms with van der Waals surface area (Å²) in [5.74, 6) is 0.218. The lowest BCUT2D eigenvalue weighted by molar-refractivity contribution is -0.125. The second kappa shape index (κ2) is 8.85. The van der Waals surface area contributed by atoms with Gasteiger partial charge in [0.15, 0.2) is 0 Å². The fraction of sp³-hybridized carbons (Fsp3) is 0.941. The van der Waals surface area contributed by atoms with Crippen LogP contribution in [0.2, 0.25) is 0 Å². The van der Waals surface area contributed by atoms with Crippen LogP contribution in [0.15, 0.2) is 0 Å². The van der Waals surface area contributed by atoms with E-state index in [1.54, 1.807) is 0 Å². The third-order valence-electron chi connectivity index (χ3n) is 5.17. The summed E-state index contributed by atoms with van der Waals surface area (Å²) in [5.41, 5.74) is 0.268. The molecule has 2 N–H and O–H groups in total. The van der Waals surface area contributed by atoms with Crippen molar-refractivity contribution in [3.8, 4) is 0 Å². The Balaban J connectivity index is 1.88. The van der Waals surface area contributed by atoms with Gasteiger partial charge in [0.05, 0.1) is 13.2 Å². The topological polar surface area (TPSA) is 53.6 Å². The highest BCUT2D eigenvalue weighted by Crippen LogP contribution is 2.36. The van der Waals surface area contributed by atoms with Crippen molar-refractivity contribution < 1.29 is 9.53 Å². The minimum Gasteiger partial charge on any atom is -0.379 e. The summed E-state index contributed by atoms with van der Waals surface area (Å²) in [7, 11) is 1.89. The summed E-state index contributed by atoms with van der Waals surface area (Å²) >= 11 is 0. The molecule has 1 aliphatic heterocycles. The molecule has 128 valence electrons. The van der Waals surface area contributed by atoms with Crippen molar-refractivity contribution in [1.82, 2.24) is 15.5 Å². The summed E-state index contributed by atoms with van der Waals surface area (Å²) in [6.45, 7) is 8.43. The minimum absolute atomic E-state index is 0.0361. The summed E-state index contributed by atoms with van der Waals surface area (Å²) in [6.07, 6.45) is 6.42. The molecule has 1 amide bonds. The fourth-order valence-electron chi connectivity index (χ4n) is 3.77. The van der Waals surface area contributed by atoms with E-state index in [1.165, 1.54) is 32.1 Å². The number of ether oxygens (including phenoxy) is 1. The molecule has 1 heterocycles. The first-order valence-electron chi connectivity index (χ1n) is 8.88. The molecule has 2 rings (SSSR count). The Morgan fingerprint density at radius 3 is 2.55 bits per heavy atom. The summed E-state index contributed by atoms with van der Waals surface area (Å²) in [4.78, 5) is 14.8. The second-order valence-electron chi connectivity index (χ2n) is 7.13. The van der Waals surface area contributed by atoms with Crippen LogP contribution in [0, 0.1) is 11.3 Å². The number of morpholine rings is 1. The second-order valence-corrected chi connectivity index (χ2v) is 7.13. The first-order valence-corrected chi connectivity index (χ1v) is 8.88. The number of hydrogen-bond acceptors (Lipinski definition) is 4. The van der Waals surface area contributed by atoms with E-state index in [0.717, 1.165) is 45.9 Å². The Hall–Kier alpha value is -0.650. The molecule has 1 unspecified atom stereocenters. The molecule has 2 fully saturated rings. The summed E-state index contributed by atoms with van der Waals surface area (Å²) in [6, 6.07) is 0. The molecule has 0 aromatic heterocycles. The van der Waals surface area contributed by atoms with E-state index < -0.39 is 0 Å². The number of amides is 1. The van der Waals surface area contributed by atoms with Gasteiger partial charge < -0.3 is 15.4 Å². The third-order valence-corrected chi connectivity index (χ3v) is 5.17. The van der Waals surface area contributed by atoms with Gasteiger partial charge in [-0.25, -0.2) is 0 Å². The van der Waals surface area contributed by atoms with E-state index in [2.05, 4.69) is 15.5 Å². The summed E-state index contributed by atoms with van der Waals surface area (Å²) in [5, 5.41) is 6.31. The highest BCUT2D eigenvalue weighted by atomic mass is 16.5. The van der Waals surface area contributed by atoms with Crippen molar-refractivity contribution in [3.63, 3.8) is 0 Å². The Morgan fingerprint density at radius 2 is 1.91 bits per heavy atom. The molecule has 0 bridgehead atoms. The molecule has 1 saturated carbocycles. The van der Waals surface area contributed by atoms with Gasteiger partial charge in [-0.2, -0.15) is 0 Å².